The van der Waals surface area contributed by atoms with Gasteiger partial charge in [-0.3, -0.25) is 14.5 Å². The number of benzene rings is 1. The topological polar surface area (TPSA) is 88.1 Å². The molecule has 1 fully saturated rings. The molecule has 1 aromatic carbocycles. The van der Waals surface area contributed by atoms with Crippen molar-refractivity contribution >= 4 is 17.6 Å². The quantitative estimate of drug-likeness (QED) is 0.775. The van der Waals surface area contributed by atoms with E-state index in [1.165, 1.54) is 26.0 Å². The second-order valence-corrected chi connectivity index (χ2v) is 6.28. The van der Waals surface area contributed by atoms with Gasteiger partial charge in [0.1, 0.15) is 11.5 Å². The molecule has 3 atom stereocenters. The second-order valence-electron chi connectivity index (χ2n) is 6.28. The van der Waals surface area contributed by atoms with Gasteiger partial charge in [-0.2, -0.15) is 13.2 Å². The third kappa shape index (κ3) is 4.62. The van der Waals surface area contributed by atoms with E-state index in [4.69, 9.17) is 14.6 Å². The van der Waals surface area contributed by atoms with E-state index in [9.17, 15) is 22.8 Å². The molecule has 1 saturated heterocycles. The Hall–Kier alpha value is -2.49. The Bertz CT molecular complexity index is 710. The van der Waals surface area contributed by atoms with Crippen molar-refractivity contribution < 1.29 is 37.3 Å². The average Bonchev–Trinajstić information content (AvgIpc) is 3.07. The summed E-state index contributed by atoms with van der Waals surface area (Å²) in [5.41, 5.74) is 0.330. The summed E-state index contributed by atoms with van der Waals surface area (Å²) in [4.78, 5) is 24.9. The van der Waals surface area contributed by atoms with E-state index in [1.54, 1.807) is 18.2 Å². The van der Waals surface area contributed by atoms with Crippen LogP contribution in [0, 0.1) is 11.8 Å². The number of carboxylic acid groups (broad SMARTS) is 1. The number of anilines is 1. The molecule has 1 aliphatic rings. The molecule has 1 aliphatic heterocycles. The highest BCUT2D eigenvalue weighted by molar-refractivity contribution is 5.96. The molecule has 0 bridgehead atoms. The molecule has 1 aromatic rings. The zero-order valence-electron chi connectivity index (χ0n) is 15.0. The van der Waals surface area contributed by atoms with Crippen LogP contribution in [0.25, 0.3) is 0 Å². The van der Waals surface area contributed by atoms with Crippen molar-refractivity contribution in [3.05, 3.63) is 18.2 Å². The van der Waals surface area contributed by atoms with Gasteiger partial charge in [0.05, 0.1) is 37.8 Å². The van der Waals surface area contributed by atoms with Crippen molar-refractivity contribution in [1.82, 2.24) is 4.90 Å². The van der Waals surface area contributed by atoms with Gasteiger partial charge < -0.3 is 19.9 Å². The molecule has 2 N–H and O–H groups in total. The highest BCUT2D eigenvalue weighted by Gasteiger charge is 2.53. The molecule has 0 saturated carbocycles. The number of aliphatic carboxylic acids is 1. The number of ether oxygens (including phenoxy) is 2. The standard InChI is InChI=1S/C17H21F3N2O5/c1-9(22-7-11(16(24)25)12(8-22)17(18,19)20)15(23)21-13-5-4-10(26-2)6-14(13)27-3/h4-6,9,11-12H,7-8H2,1-3H3,(H,21,23)(H,24,25)/t9?,11-,12-/m1/s1. The zero-order chi connectivity index (χ0) is 20.4. The molecule has 2 rings (SSSR count). The number of nitrogens with zero attached hydrogens (tertiary/aromatic N) is 1. The lowest BCUT2D eigenvalue weighted by molar-refractivity contribution is -0.188. The first-order chi connectivity index (χ1) is 12.6. The summed E-state index contributed by atoms with van der Waals surface area (Å²) in [6.45, 7) is 0.533. The SMILES string of the molecule is COc1ccc(NC(=O)C(C)N2C[C@@H](C(F)(F)F)[C@H](C(=O)O)C2)c(OC)c1. The minimum atomic E-state index is -4.65. The smallest absolute Gasteiger partial charge is 0.393 e. The Morgan fingerprint density at radius 1 is 1.26 bits per heavy atom. The van der Waals surface area contributed by atoms with Crippen LogP contribution in [0.15, 0.2) is 18.2 Å². The first-order valence-electron chi connectivity index (χ1n) is 8.15. The van der Waals surface area contributed by atoms with Crippen molar-refractivity contribution in [3.8, 4) is 11.5 Å². The normalized spacial score (nSPS) is 21.6. The summed E-state index contributed by atoms with van der Waals surface area (Å²) in [7, 11) is 2.87. The lowest BCUT2D eigenvalue weighted by Crippen LogP contribution is -2.41. The van der Waals surface area contributed by atoms with Crippen molar-refractivity contribution in [3.63, 3.8) is 0 Å². The second kappa shape index (κ2) is 8.03. The van der Waals surface area contributed by atoms with E-state index in [0.29, 0.717) is 17.2 Å². The van der Waals surface area contributed by atoms with Crippen LogP contribution in [0.1, 0.15) is 6.92 Å². The highest BCUT2D eigenvalue weighted by atomic mass is 19.4. The minimum Gasteiger partial charge on any atom is -0.497 e. The number of carboxylic acids is 1. The van der Waals surface area contributed by atoms with Crippen LogP contribution in [0.4, 0.5) is 18.9 Å². The molecule has 0 spiro atoms. The number of methoxy groups -OCH3 is 2. The van der Waals surface area contributed by atoms with Crippen molar-refractivity contribution in [2.24, 2.45) is 11.8 Å². The van der Waals surface area contributed by atoms with Crippen LogP contribution in [-0.4, -0.2) is 61.4 Å². The molecule has 0 aliphatic carbocycles. The maximum absolute atomic E-state index is 13.1. The van der Waals surface area contributed by atoms with Gasteiger partial charge in [0.15, 0.2) is 0 Å². The maximum Gasteiger partial charge on any atom is 0.393 e. The van der Waals surface area contributed by atoms with Gasteiger partial charge in [-0.25, -0.2) is 0 Å². The van der Waals surface area contributed by atoms with Crippen molar-refractivity contribution in [2.75, 3.05) is 32.6 Å². The van der Waals surface area contributed by atoms with Crippen LogP contribution in [-0.2, 0) is 9.59 Å². The molecule has 0 aromatic heterocycles. The van der Waals surface area contributed by atoms with E-state index in [-0.39, 0.29) is 6.54 Å². The van der Waals surface area contributed by atoms with Gasteiger partial charge in [0.2, 0.25) is 5.91 Å². The Labute approximate surface area is 154 Å². The number of hydrogen-bond donors (Lipinski definition) is 2. The van der Waals surface area contributed by atoms with E-state index >= 15 is 0 Å². The highest BCUT2D eigenvalue weighted by Crippen LogP contribution is 2.38. The van der Waals surface area contributed by atoms with Crippen LogP contribution in [0.5, 0.6) is 11.5 Å². The molecular formula is C17H21F3N2O5. The summed E-state index contributed by atoms with van der Waals surface area (Å²) in [5, 5.41) is 11.7. The van der Waals surface area contributed by atoms with Gasteiger partial charge in [-0.15, -0.1) is 0 Å². The monoisotopic (exact) mass is 390 g/mol. The number of alkyl halides is 3. The molecule has 1 unspecified atom stereocenters. The number of amides is 1. The van der Waals surface area contributed by atoms with Crippen molar-refractivity contribution in [1.29, 1.82) is 0 Å². The summed E-state index contributed by atoms with van der Waals surface area (Å²) >= 11 is 0. The summed E-state index contributed by atoms with van der Waals surface area (Å²) in [6.07, 6.45) is -4.65. The van der Waals surface area contributed by atoms with E-state index in [2.05, 4.69) is 5.32 Å². The van der Waals surface area contributed by atoms with Gasteiger partial charge in [-0.05, 0) is 19.1 Å². The fourth-order valence-corrected chi connectivity index (χ4v) is 3.04. The fourth-order valence-electron chi connectivity index (χ4n) is 3.04. The molecule has 0 radical (unpaired) electrons. The summed E-state index contributed by atoms with van der Waals surface area (Å²) in [6, 6.07) is 3.74. The number of hydrogen-bond acceptors (Lipinski definition) is 5. The van der Waals surface area contributed by atoms with Crippen LogP contribution in [0.3, 0.4) is 0 Å². The lowest BCUT2D eigenvalue weighted by Gasteiger charge is -2.24. The Morgan fingerprint density at radius 2 is 1.93 bits per heavy atom. The Kier molecular flexibility index (Phi) is 6.19. The van der Waals surface area contributed by atoms with Crippen LogP contribution < -0.4 is 14.8 Å². The fraction of sp³-hybridized carbons (Fsp3) is 0.529. The largest absolute Gasteiger partial charge is 0.497 e. The number of carbonyl (C=O) groups excluding carboxylic acids is 1. The molecule has 1 heterocycles. The molecule has 7 nitrogen and oxygen atoms in total. The van der Waals surface area contributed by atoms with Crippen molar-refractivity contribution in [2.45, 2.75) is 19.1 Å². The number of likely N-dealkylation sites (tertiary alicyclic amines) is 1. The van der Waals surface area contributed by atoms with E-state index in [1.807, 2.05) is 0 Å². The minimum absolute atomic E-state index is 0.327. The predicted octanol–water partition coefficient (Wildman–Crippen LogP) is 2.23. The lowest BCUT2D eigenvalue weighted by atomic mass is 9.96. The average molecular weight is 390 g/mol. The molecule has 150 valence electrons. The number of rotatable bonds is 6. The number of halogens is 3. The number of nitrogens with one attached hydrogen (secondary N) is 1. The molecule has 1 amide bonds. The Morgan fingerprint density at radius 3 is 2.41 bits per heavy atom. The first kappa shape index (κ1) is 20.8. The molecular weight excluding hydrogens is 369 g/mol. The molecule has 10 heteroatoms. The predicted molar refractivity (Wildman–Crippen MR) is 89.9 cm³/mol. The van der Waals surface area contributed by atoms with Gasteiger partial charge >= 0.3 is 12.1 Å². The van der Waals surface area contributed by atoms with Gasteiger partial charge in [-0.1, -0.05) is 0 Å². The van der Waals surface area contributed by atoms with E-state index < -0.39 is 42.5 Å². The van der Waals surface area contributed by atoms with Crippen LogP contribution in [0.2, 0.25) is 0 Å². The maximum atomic E-state index is 13.1. The number of carbonyl (C=O) groups is 2. The summed E-state index contributed by atoms with van der Waals surface area (Å²) < 4.78 is 49.6. The zero-order valence-corrected chi connectivity index (χ0v) is 15.0. The first-order valence-corrected chi connectivity index (χ1v) is 8.15. The third-order valence-electron chi connectivity index (χ3n) is 4.68. The third-order valence-corrected chi connectivity index (χ3v) is 4.68. The van der Waals surface area contributed by atoms with Gasteiger partial charge in [0.25, 0.3) is 0 Å². The van der Waals surface area contributed by atoms with E-state index in [0.717, 1.165) is 0 Å². The van der Waals surface area contributed by atoms with Crippen LogP contribution >= 0.6 is 0 Å². The summed E-state index contributed by atoms with van der Waals surface area (Å²) in [5.74, 6) is -4.87. The molecule has 27 heavy (non-hydrogen) atoms. The Balaban J connectivity index is 2.13. The van der Waals surface area contributed by atoms with Gasteiger partial charge in [0, 0.05) is 19.2 Å².